The summed E-state index contributed by atoms with van der Waals surface area (Å²) < 4.78 is 6.77. The summed E-state index contributed by atoms with van der Waals surface area (Å²) in [5, 5.41) is 10.7. The predicted molar refractivity (Wildman–Crippen MR) is 238 cm³/mol. The summed E-state index contributed by atoms with van der Waals surface area (Å²) in [5.41, 5.74) is 11.5. The lowest BCUT2D eigenvalue weighted by atomic mass is 9.66. The Bertz CT molecular complexity index is 2700. The summed E-state index contributed by atoms with van der Waals surface area (Å²) in [6.07, 6.45) is 13.6. The fourth-order valence-electron chi connectivity index (χ4n) is 8.54. The van der Waals surface area contributed by atoms with E-state index in [1.807, 2.05) is 54.6 Å². The second-order valence-electron chi connectivity index (χ2n) is 14.4. The number of aliphatic hydroxyl groups is 1. The molecule has 0 spiro atoms. The monoisotopic (exact) mass is 751 g/mol. The van der Waals surface area contributed by atoms with Crippen molar-refractivity contribution in [3.05, 3.63) is 250 Å². The predicted octanol–water partition coefficient (Wildman–Crippen LogP) is 12.0. The number of benzene rings is 6. The maximum absolute atomic E-state index is 10.7. The third kappa shape index (κ3) is 6.47. The van der Waals surface area contributed by atoms with Crippen molar-refractivity contribution in [1.82, 2.24) is 0 Å². The number of amidine groups is 2. The van der Waals surface area contributed by atoms with Crippen LogP contribution < -0.4 is 4.74 Å². The molecule has 5 heteroatoms. The Labute approximate surface area is 339 Å². The van der Waals surface area contributed by atoms with Gasteiger partial charge < -0.3 is 9.84 Å². The maximum atomic E-state index is 10.7. The van der Waals surface area contributed by atoms with Gasteiger partial charge in [0.2, 0.25) is 0 Å². The lowest BCUT2D eigenvalue weighted by Gasteiger charge is -2.35. The highest BCUT2D eigenvalue weighted by Crippen LogP contribution is 2.58. The van der Waals surface area contributed by atoms with Gasteiger partial charge in [-0.05, 0) is 70.2 Å². The third-order valence-electron chi connectivity index (χ3n) is 11.1. The van der Waals surface area contributed by atoms with Gasteiger partial charge in [0.25, 0.3) is 0 Å². The van der Waals surface area contributed by atoms with E-state index >= 15 is 0 Å². The van der Waals surface area contributed by atoms with Crippen LogP contribution in [0.3, 0.4) is 0 Å². The minimum absolute atomic E-state index is 0.309. The van der Waals surface area contributed by atoms with Crippen LogP contribution in [0.25, 0.3) is 16.7 Å². The van der Waals surface area contributed by atoms with Crippen LogP contribution >= 0.6 is 0 Å². The lowest BCUT2D eigenvalue weighted by Crippen LogP contribution is -2.29. The van der Waals surface area contributed by atoms with Gasteiger partial charge in [-0.2, -0.15) is 0 Å². The van der Waals surface area contributed by atoms with Crippen LogP contribution in [0.15, 0.2) is 226 Å². The van der Waals surface area contributed by atoms with Crippen LogP contribution in [-0.2, 0) is 5.41 Å². The van der Waals surface area contributed by atoms with Gasteiger partial charge in [0.15, 0.2) is 17.4 Å². The first-order valence-corrected chi connectivity index (χ1v) is 19.6. The number of aliphatic imine (C=N–C) groups is 3. The summed E-state index contributed by atoms with van der Waals surface area (Å²) in [4.78, 5) is 14.7. The van der Waals surface area contributed by atoms with Gasteiger partial charge >= 0.3 is 0 Å². The Morgan fingerprint density at radius 3 is 1.97 bits per heavy atom. The molecule has 2 aliphatic carbocycles. The second-order valence-corrected chi connectivity index (χ2v) is 14.4. The Hall–Kier alpha value is -7.37. The molecule has 5 nitrogen and oxygen atoms in total. The Morgan fingerprint density at radius 2 is 1.28 bits per heavy atom. The molecule has 0 aromatic heterocycles. The molecule has 1 aliphatic heterocycles. The molecule has 9 rings (SSSR count). The van der Waals surface area contributed by atoms with Crippen LogP contribution in [0.1, 0.15) is 51.8 Å². The Kier molecular flexibility index (Phi) is 10.0. The zero-order chi connectivity index (χ0) is 39.3. The van der Waals surface area contributed by atoms with Gasteiger partial charge in [0.05, 0.1) is 12.0 Å². The summed E-state index contributed by atoms with van der Waals surface area (Å²) in [6, 6.07) is 54.3. The van der Waals surface area contributed by atoms with Crippen molar-refractivity contribution in [2.45, 2.75) is 18.3 Å². The third-order valence-corrected chi connectivity index (χ3v) is 11.1. The Balaban J connectivity index is 1.27. The van der Waals surface area contributed by atoms with Crippen LogP contribution in [0.4, 0.5) is 0 Å². The van der Waals surface area contributed by atoms with E-state index in [9.17, 15) is 5.11 Å². The largest absolute Gasteiger partial charge is 0.512 e. The fraction of sp³-hybridized carbons (Fsp3) is 0.0755. The molecule has 0 radical (unpaired) electrons. The standard InChI is InChI=1S/C53H41N3O2/c1-54-52(56-51(38-21-8-3-9-22-38)55-35-37-19-6-2-7-20-37)44-28-15-14-27-42(44)43-30-18-31-46-49-45-29-16-17-32-47(45)53(39-23-10-4-11-24-39,40-25-12-5-13-26-40)48(49)34-33-41(36-57)58-50(43)46/h3-6,8-34,36,57H,1-2,7,35H2/b34-33-,41-36-,55-51?,56-52?. The number of fused-ring (bicyclic) bond motifs is 4. The molecular formula is C53H41N3O2. The van der Waals surface area contributed by atoms with Crippen molar-refractivity contribution in [2.24, 2.45) is 15.0 Å². The molecule has 0 unspecified atom stereocenters. The number of hydrogen-bond acceptors (Lipinski definition) is 3. The highest BCUT2D eigenvalue weighted by atomic mass is 16.5. The molecule has 1 heterocycles. The zero-order valence-corrected chi connectivity index (χ0v) is 32.0. The van der Waals surface area contributed by atoms with Crippen molar-refractivity contribution in [3.63, 3.8) is 0 Å². The SMILES string of the molecule is C=NC(=NC(=NCC1=CCCC=C1)c1ccccc1)c1ccccc1-c1cccc2c1OC(=C\O)/C=C\C1=C2c2ccccc2C1(c1ccccc1)c1ccccc1. The smallest absolute Gasteiger partial charge is 0.161 e. The van der Waals surface area contributed by atoms with E-state index in [1.165, 1.54) is 5.56 Å². The zero-order valence-electron chi connectivity index (χ0n) is 32.0. The van der Waals surface area contributed by atoms with E-state index in [0.717, 1.165) is 80.3 Å². The van der Waals surface area contributed by atoms with E-state index in [4.69, 9.17) is 14.7 Å². The van der Waals surface area contributed by atoms with Crippen molar-refractivity contribution < 1.29 is 9.84 Å². The van der Waals surface area contributed by atoms with Crippen molar-refractivity contribution in [1.29, 1.82) is 0 Å². The molecule has 0 bridgehead atoms. The summed E-state index contributed by atoms with van der Waals surface area (Å²) in [5.74, 6) is 1.92. The molecule has 280 valence electrons. The number of para-hydroxylation sites is 1. The highest BCUT2D eigenvalue weighted by Gasteiger charge is 2.48. The number of hydrogen-bond donors (Lipinski definition) is 1. The quantitative estimate of drug-likeness (QED) is 0.100. The van der Waals surface area contributed by atoms with E-state index < -0.39 is 5.41 Å². The molecule has 6 aromatic carbocycles. The molecule has 3 aliphatic rings. The lowest BCUT2D eigenvalue weighted by molar-refractivity contribution is 0.388. The molecular weight excluding hydrogens is 711 g/mol. The highest BCUT2D eigenvalue weighted by molar-refractivity contribution is 6.15. The van der Waals surface area contributed by atoms with Gasteiger partial charge in [-0.25, -0.2) is 9.98 Å². The van der Waals surface area contributed by atoms with Crippen LogP contribution in [-0.4, -0.2) is 30.0 Å². The minimum atomic E-state index is -0.655. The van der Waals surface area contributed by atoms with Gasteiger partial charge in [-0.3, -0.25) is 4.99 Å². The van der Waals surface area contributed by atoms with Gasteiger partial charge in [0, 0.05) is 22.3 Å². The van der Waals surface area contributed by atoms with Crippen molar-refractivity contribution in [2.75, 3.05) is 6.54 Å². The summed E-state index contributed by atoms with van der Waals surface area (Å²) >= 11 is 0. The summed E-state index contributed by atoms with van der Waals surface area (Å²) in [7, 11) is 0. The van der Waals surface area contributed by atoms with E-state index in [1.54, 1.807) is 0 Å². The first-order chi connectivity index (χ1) is 28.7. The Morgan fingerprint density at radius 1 is 0.638 bits per heavy atom. The number of aliphatic hydroxyl groups excluding tert-OH is 1. The van der Waals surface area contributed by atoms with Crippen LogP contribution in [0, 0.1) is 0 Å². The molecule has 0 fully saturated rings. The molecule has 0 amide bonds. The molecule has 1 N–H and O–H groups in total. The first-order valence-electron chi connectivity index (χ1n) is 19.6. The van der Waals surface area contributed by atoms with Gasteiger partial charge in [0.1, 0.15) is 12.0 Å². The fourth-order valence-corrected chi connectivity index (χ4v) is 8.54. The summed E-state index contributed by atoms with van der Waals surface area (Å²) in [6.45, 7) is 4.51. The van der Waals surface area contributed by atoms with Crippen LogP contribution in [0.2, 0.25) is 0 Å². The average Bonchev–Trinajstić information content (AvgIpc) is 3.58. The van der Waals surface area contributed by atoms with Crippen molar-refractivity contribution in [3.8, 4) is 16.9 Å². The molecule has 58 heavy (non-hydrogen) atoms. The number of rotatable bonds is 7. The normalized spacial score (nSPS) is 17.0. The molecule has 0 atom stereocenters. The number of ether oxygens (including phenoxy) is 1. The van der Waals surface area contributed by atoms with Gasteiger partial charge in [-0.1, -0.05) is 182 Å². The molecule has 0 saturated carbocycles. The average molecular weight is 752 g/mol. The van der Waals surface area contributed by atoms with E-state index in [-0.39, 0.29) is 0 Å². The number of nitrogens with zero attached hydrogens (tertiary/aromatic N) is 3. The first kappa shape index (κ1) is 36.3. The van der Waals surface area contributed by atoms with Crippen LogP contribution in [0.5, 0.6) is 5.75 Å². The topological polar surface area (TPSA) is 66.5 Å². The maximum Gasteiger partial charge on any atom is 0.161 e. The van der Waals surface area contributed by atoms with Gasteiger partial charge in [-0.15, -0.1) is 0 Å². The number of allylic oxidation sites excluding steroid dienone is 5. The van der Waals surface area contributed by atoms with Crippen molar-refractivity contribution >= 4 is 24.0 Å². The van der Waals surface area contributed by atoms with E-state index in [0.29, 0.717) is 29.7 Å². The second kappa shape index (κ2) is 16.0. The van der Waals surface area contributed by atoms with E-state index in [2.05, 4.69) is 145 Å². The molecule has 0 saturated heterocycles. The minimum Gasteiger partial charge on any atom is -0.512 e. The molecule has 6 aromatic rings.